The minimum Gasteiger partial charge on any atom is -0.0616 e. The molecule has 46 heavy (non-hydrogen) atoms. The summed E-state index contributed by atoms with van der Waals surface area (Å²) >= 11 is 0. The van der Waals surface area contributed by atoms with Crippen LogP contribution in [0.5, 0.6) is 0 Å². The average molecular weight is 587 g/mol. The van der Waals surface area contributed by atoms with Crippen LogP contribution in [-0.2, 0) is 0 Å². The van der Waals surface area contributed by atoms with Gasteiger partial charge in [-0.15, -0.1) is 0 Å². The second kappa shape index (κ2) is 10.0. The number of hydrogen-bond acceptors (Lipinski definition) is 0. The molecule has 0 fully saturated rings. The van der Waals surface area contributed by atoms with Crippen molar-refractivity contribution in [3.05, 3.63) is 156 Å². The highest BCUT2D eigenvalue weighted by molar-refractivity contribution is 6.35. The molecule has 0 saturated heterocycles. The van der Waals surface area contributed by atoms with E-state index in [1.807, 2.05) is 0 Å². The highest BCUT2D eigenvalue weighted by Gasteiger charge is 2.20. The Labute approximate surface area is 269 Å². The molecule has 0 unspecified atom stereocenters. The molecule has 9 aromatic rings. The van der Waals surface area contributed by atoms with Gasteiger partial charge in [-0.1, -0.05) is 144 Å². The second-order valence-electron chi connectivity index (χ2n) is 13.2. The lowest BCUT2D eigenvalue weighted by Gasteiger charge is -2.21. The maximum absolute atomic E-state index is 2.53. The number of benzene rings is 9. The molecular weight excluding hydrogens is 553 g/mol. The summed E-state index contributed by atoms with van der Waals surface area (Å²) in [7, 11) is 0. The van der Waals surface area contributed by atoms with Crippen molar-refractivity contribution in [3.63, 3.8) is 0 Å². The Morgan fingerprint density at radius 1 is 0.283 bits per heavy atom. The van der Waals surface area contributed by atoms with E-state index >= 15 is 0 Å². The van der Waals surface area contributed by atoms with Crippen LogP contribution in [0.1, 0.15) is 22.3 Å². The van der Waals surface area contributed by atoms with Gasteiger partial charge in [0.2, 0.25) is 0 Å². The largest absolute Gasteiger partial charge is 0.0616 e. The quantitative estimate of drug-likeness (QED) is 0.140. The minimum absolute atomic E-state index is 1.27. The molecule has 0 heterocycles. The first-order chi connectivity index (χ1) is 22.4. The van der Waals surface area contributed by atoms with E-state index in [-0.39, 0.29) is 0 Å². The van der Waals surface area contributed by atoms with Gasteiger partial charge in [0.1, 0.15) is 0 Å². The Morgan fingerprint density at radius 3 is 1.26 bits per heavy atom. The van der Waals surface area contributed by atoms with Crippen molar-refractivity contribution >= 4 is 64.6 Å². The van der Waals surface area contributed by atoms with Crippen LogP contribution in [0.25, 0.3) is 86.9 Å². The first-order valence-corrected chi connectivity index (χ1v) is 16.3. The molecule has 0 radical (unpaired) electrons. The fourth-order valence-corrected chi connectivity index (χ4v) is 8.25. The van der Waals surface area contributed by atoms with Gasteiger partial charge < -0.3 is 0 Å². The average Bonchev–Trinajstić information content (AvgIpc) is 3.05. The topological polar surface area (TPSA) is 0 Å². The lowest BCUT2D eigenvalue weighted by atomic mass is 9.82. The first-order valence-electron chi connectivity index (χ1n) is 16.3. The van der Waals surface area contributed by atoms with E-state index in [1.54, 1.807) is 0 Å². The van der Waals surface area contributed by atoms with Gasteiger partial charge >= 0.3 is 0 Å². The molecule has 0 nitrogen and oxygen atoms in total. The summed E-state index contributed by atoms with van der Waals surface area (Å²) in [6.45, 7) is 8.85. The van der Waals surface area contributed by atoms with Crippen molar-refractivity contribution < 1.29 is 0 Å². The van der Waals surface area contributed by atoms with Crippen LogP contribution in [0.4, 0.5) is 0 Å². The summed E-state index contributed by atoms with van der Waals surface area (Å²) in [6, 6.07) is 50.5. The minimum atomic E-state index is 1.27. The molecule has 0 spiro atoms. The van der Waals surface area contributed by atoms with Gasteiger partial charge in [-0.05, 0) is 127 Å². The fraction of sp³-hybridized carbons (Fsp3) is 0.0870. The van der Waals surface area contributed by atoms with Crippen molar-refractivity contribution in [2.24, 2.45) is 0 Å². The van der Waals surface area contributed by atoms with Crippen LogP contribution in [0.15, 0.2) is 133 Å². The van der Waals surface area contributed by atoms with Crippen LogP contribution in [0.2, 0.25) is 0 Å². The zero-order valence-electron chi connectivity index (χ0n) is 26.7. The number of rotatable bonds is 2. The molecule has 0 aliphatic carbocycles. The molecule has 0 bridgehead atoms. The standard InChI is InChI=1S/C46H34/c1-27-19-28(2)22-32(21-27)44-37-15-9-10-16-38(37)45(33-23-29(3)20-30(4)24-33)43-26-41-40(25-42(43)44)36-14-8-7-13-35(36)39-18-17-31-11-5-6-12-34(31)46(39)41/h5-26H,1-4H3. The Balaban J connectivity index is 1.60. The third-order valence-electron chi connectivity index (χ3n) is 9.89. The molecular formula is C46H34. The highest BCUT2D eigenvalue weighted by Crippen LogP contribution is 2.48. The van der Waals surface area contributed by atoms with Gasteiger partial charge in [-0.2, -0.15) is 0 Å². The third-order valence-corrected chi connectivity index (χ3v) is 9.89. The maximum Gasteiger partial charge on any atom is -0.00201 e. The Bertz CT molecular complexity index is 2680. The van der Waals surface area contributed by atoms with E-state index in [1.165, 1.54) is 109 Å². The summed E-state index contributed by atoms with van der Waals surface area (Å²) in [5, 5.41) is 15.6. The molecule has 218 valence electrons. The molecule has 9 rings (SSSR count). The third kappa shape index (κ3) is 4.00. The maximum atomic E-state index is 2.53. The molecule has 0 atom stereocenters. The van der Waals surface area contributed by atoms with E-state index < -0.39 is 0 Å². The van der Waals surface area contributed by atoms with Crippen molar-refractivity contribution in [1.82, 2.24) is 0 Å². The van der Waals surface area contributed by atoms with Gasteiger partial charge in [-0.25, -0.2) is 0 Å². The fourth-order valence-electron chi connectivity index (χ4n) is 8.25. The molecule has 0 aliphatic heterocycles. The van der Waals surface area contributed by atoms with Crippen LogP contribution >= 0.6 is 0 Å². The second-order valence-corrected chi connectivity index (χ2v) is 13.2. The van der Waals surface area contributed by atoms with E-state index in [2.05, 4.69) is 161 Å². The molecule has 0 amide bonds. The lowest BCUT2D eigenvalue weighted by Crippen LogP contribution is -1.94. The summed E-state index contributed by atoms with van der Waals surface area (Å²) in [5.41, 5.74) is 10.3. The van der Waals surface area contributed by atoms with Crippen molar-refractivity contribution in [2.75, 3.05) is 0 Å². The summed E-state index contributed by atoms with van der Waals surface area (Å²) in [5.74, 6) is 0. The summed E-state index contributed by atoms with van der Waals surface area (Å²) in [4.78, 5) is 0. The van der Waals surface area contributed by atoms with Crippen LogP contribution in [-0.4, -0.2) is 0 Å². The van der Waals surface area contributed by atoms with Gasteiger partial charge in [0.25, 0.3) is 0 Å². The lowest BCUT2D eigenvalue weighted by molar-refractivity contribution is 1.39. The highest BCUT2D eigenvalue weighted by atomic mass is 14.2. The van der Waals surface area contributed by atoms with Gasteiger partial charge in [0, 0.05) is 0 Å². The molecule has 0 N–H and O–H groups in total. The van der Waals surface area contributed by atoms with E-state index in [4.69, 9.17) is 0 Å². The normalized spacial score (nSPS) is 11.9. The Hall–Kier alpha value is -5.46. The summed E-state index contributed by atoms with van der Waals surface area (Å²) < 4.78 is 0. The zero-order chi connectivity index (χ0) is 31.1. The monoisotopic (exact) mass is 586 g/mol. The van der Waals surface area contributed by atoms with Crippen molar-refractivity contribution in [3.8, 4) is 22.3 Å². The molecule has 0 aliphatic rings. The zero-order valence-corrected chi connectivity index (χ0v) is 26.7. The molecule has 0 heteroatoms. The SMILES string of the molecule is Cc1cc(C)cc(-c2c3ccccc3c(-c3cc(C)cc(C)c3)c3cc4c(cc23)c2ccccc2c2ccc3ccccc3c24)c1. The molecule has 0 saturated carbocycles. The Kier molecular flexibility index (Phi) is 5.86. The number of hydrogen-bond donors (Lipinski definition) is 0. The van der Waals surface area contributed by atoms with Crippen molar-refractivity contribution in [2.45, 2.75) is 27.7 Å². The smallest absolute Gasteiger partial charge is 0.00201 e. The van der Waals surface area contributed by atoms with Crippen LogP contribution in [0, 0.1) is 27.7 Å². The predicted octanol–water partition coefficient (Wildman–Crippen LogP) is 13.2. The van der Waals surface area contributed by atoms with Gasteiger partial charge in [-0.3, -0.25) is 0 Å². The van der Waals surface area contributed by atoms with Gasteiger partial charge in [0.05, 0.1) is 0 Å². The van der Waals surface area contributed by atoms with Gasteiger partial charge in [0.15, 0.2) is 0 Å². The summed E-state index contributed by atoms with van der Waals surface area (Å²) in [6.07, 6.45) is 0. The molecule has 0 aromatic heterocycles. The number of aryl methyl sites for hydroxylation is 4. The van der Waals surface area contributed by atoms with Crippen LogP contribution in [0.3, 0.4) is 0 Å². The van der Waals surface area contributed by atoms with E-state index in [9.17, 15) is 0 Å². The predicted molar refractivity (Wildman–Crippen MR) is 201 cm³/mol. The first kappa shape index (κ1) is 26.9. The Morgan fingerprint density at radius 2 is 0.717 bits per heavy atom. The van der Waals surface area contributed by atoms with E-state index in [0.717, 1.165) is 0 Å². The van der Waals surface area contributed by atoms with E-state index in [0.29, 0.717) is 0 Å². The van der Waals surface area contributed by atoms with Crippen molar-refractivity contribution in [1.29, 1.82) is 0 Å². The number of fused-ring (bicyclic) bond motifs is 10. The molecule has 9 aromatic carbocycles. The van der Waals surface area contributed by atoms with Crippen LogP contribution < -0.4 is 0 Å².